The summed E-state index contributed by atoms with van der Waals surface area (Å²) in [5.74, 6) is -0.00218. The lowest BCUT2D eigenvalue weighted by Gasteiger charge is -2.13. The molecule has 0 spiro atoms. The summed E-state index contributed by atoms with van der Waals surface area (Å²) < 4.78 is 18.3. The predicted octanol–water partition coefficient (Wildman–Crippen LogP) is 3.06. The van der Waals surface area contributed by atoms with Gasteiger partial charge in [0.2, 0.25) is 5.78 Å². The number of hydrogen-bond donors (Lipinski definition) is 1. The Kier molecular flexibility index (Phi) is 3.80. The average molecular weight is 259 g/mol. The maximum atomic E-state index is 12.8. The van der Waals surface area contributed by atoms with Crippen LogP contribution in [0, 0.1) is 5.82 Å². The van der Waals surface area contributed by atoms with E-state index in [4.69, 9.17) is 10.5 Å². The second-order valence-corrected chi connectivity index (χ2v) is 4.20. The highest BCUT2D eigenvalue weighted by Gasteiger charge is 2.16. The zero-order valence-electron chi connectivity index (χ0n) is 10.5. The molecule has 2 aromatic carbocycles. The van der Waals surface area contributed by atoms with Crippen LogP contribution < -0.4 is 10.5 Å². The molecule has 1 unspecified atom stereocenters. The molecule has 0 aliphatic rings. The van der Waals surface area contributed by atoms with Gasteiger partial charge in [-0.05, 0) is 55.5 Å². The first-order valence-corrected chi connectivity index (χ1v) is 5.88. The van der Waals surface area contributed by atoms with Crippen molar-refractivity contribution in [1.29, 1.82) is 0 Å². The van der Waals surface area contributed by atoms with E-state index in [9.17, 15) is 9.18 Å². The molecule has 0 aliphatic heterocycles. The number of benzene rings is 2. The summed E-state index contributed by atoms with van der Waals surface area (Å²) in [4.78, 5) is 12.1. The minimum absolute atomic E-state index is 0.197. The Bertz CT molecular complexity index is 564. The van der Waals surface area contributed by atoms with Gasteiger partial charge in [-0.2, -0.15) is 0 Å². The first-order chi connectivity index (χ1) is 9.06. The van der Waals surface area contributed by atoms with E-state index in [1.54, 1.807) is 31.2 Å². The number of nitrogen functional groups attached to an aromatic ring is 1. The monoisotopic (exact) mass is 259 g/mol. The van der Waals surface area contributed by atoms with Gasteiger partial charge in [0.25, 0.3) is 0 Å². The van der Waals surface area contributed by atoms with Crippen LogP contribution in [0.5, 0.6) is 5.75 Å². The molecule has 0 bridgehead atoms. The molecule has 0 saturated carbocycles. The van der Waals surface area contributed by atoms with Gasteiger partial charge < -0.3 is 10.5 Å². The van der Waals surface area contributed by atoms with Crippen LogP contribution in [0.25, 0.3) is 0 Å². The molecule has 0 aliphatic carbocycles. The highest BCUT2D eigenvalue weighted by atomic mass is 19.1. The number of ether oxygens (including phenoxy) is 1. The first kappa shape index (κ1) is 13.1. The number of halogens is 1. The van der Waals surface area contributed by atoms with Gasteiger partial charge in [0.15, 0.2) is 6.10 Å². The van der Waals surface area contributed by atoms with Crippen LogP contribution in [0.2, 0.25) is 0 Å². The van der Waals surface area contributed by atoms with E-state index in [0.29, 0.717) is 17.0 Å². The van der Waals surface area contributed by atoms with E-state index in [1.165, 1.54) is 24.3 Å². The standard InChI is InChI=1S/C15H14FNO2/c1-10(19-14-8-6-13(17)7-9-14)15(18)11-2-4-12(16)5-3-11/h2-10H,17H2,1H3. The lowest BCUT2D eigenvalue weighted by Crippen LogP contribution is -2.23. The molecule has 0 fully saturated rings. The molecule has 4 heteroatoms. The van der Waals surface area contributed by atoms with Crippen LogP contribution in [0.15, 0.2) is 48.5 Å². The summed E-state index contributed by atoms with van der Waals surface area (Å²) in [6.07, 6.45) is -0.644. The van der Waals surface area contributed by atoms with Gasteiger partial charge in [-0.3, -0.25) is 4.79 Å². The van der Waals surface area contributed by atoms with Crippen molar-refractivity contribution in [2.24, 2.45) is 0 Å². The molecule has 0 heterocycles. The molecule has 2 aromatic rings. The Morgan fingerprint density at radius 3 is 2.26 bits per heavy atom. The number of carbonyl (C=O) groups excluding carboxylic acids is 1. The van der Waals surface area contributed by atoms with Crippen molar-refractivity contribution in [1.82, 2.24) is 0 Å². The number of hydrogen-bond acceptors (Lipinski definition) is 3. The van der Waals surface area contributed by atoms with Crippen molar-refractivity contribution in [3.63, 3.8) is 0 Å². The second-order valence-electron chi connectivity index (χ2n) is 4.20. The van der Waals surface area contributed by atoms with Gasteiger partial charge in [-0.25, -0.2) is 4.39 Å². The molecule has 0 saturated heterocycles. The van der Waals surface area contributed by atoms with Crippen LogP contribution in [0.4, 0.5) is 10.1 Å². The third-order valence-electron chi connectivity index (χ3n) is 2.69. The van der Waals surface area contributed by atoms with Crippen molar-refractivity contribution in [3.8, 4) is 5.75 Å². The van der Waals surface area contributed by atoms with Crippen LogP contribution in [0.1, 0.15) is 17.3 Å². The van der Waals surface area contributed by atoms with E-state index in [2.05, 4.69) is 0 Å². The van der Waals surface area contributed by atoms with Crippen molar-refractivity contribution in [3.05, 3.63) is 59.9 Å². The van der Waals surface area contributed by atoms with E-state index >= 15 is 0 Å². The maximum absolute atomic E-state index is 12.8. The number of carbonyl (C=O) groups is 1. The van der Waals surface area contributed by atoms with Gasteiger partial charge in [-0.15, -0.1) is 0 Å². The van der Waals surface area contributed by atoms with Crippen LogP contribution >= 0.6 is 0 Å². The fourth-order valence-corrected chi connectivity index (χ4v) is 1.65. The van der Waals surface area contributed by atoms with Crippen LogP contribution in [-0.2, 0) is 0 Å². The van der Waals surface area contributed by atoms with Crippen LogP contribution in [-0.4, -0.2) is 11.9 Å². The summed E-state index contributed by atoms with van der Waals surface area (Å²) in [6, 6.07) is 12.2. The first-order valence-electron chi connectivity index (χ1n) is 5.88. The minimum Gasteiger partial charge on any atom is -0.483 e. The van der Waals surface area contributed by atoms with Gasteiger partial charge in [-0.1, -0.05) is 0 Å². The molecule has 1 atom stereocenters. The largest absolute Gasteiger partial charge is 0.483 e. The van der Waals surface area contributed by atoms with E-state index in [-0.39, 0.29) is 11.6 Å². The zero-order valence-corrected chi connectivity index (χ0v) is 10.5. The highest BCUT2D eigenvalue weighted by Crippen LogP contribution is 2.16. The van der Waals surface area contributed by atoms with E-state index in [1.807, 2.05) is 0 Å². The second kappa shape index (κ2) is 5.52. The molecule has 0 radical (unpaired) electrons. The SMILES string of the molecule is CC(Oc1ccc(N)cc1)C(=O)c1ccc(F)cc1. The third kappa shape index (κ3) is 3.31. The van der Waals surface area contributed by atoms with Crippen molar-refractivity contribution >= 4 is 11.5 Å². The third-order valence-corrected chi connectivity index (χ3v) is 2.69. The summed E-state index contributed by atoms with van der Waals surface area (Å²) in [5.41, 5.74) is 6.61. The highest BCUT2D eigenvalue weighted by molar-refractivity contribution is 5.99. The Morgan fingerprint density at radius 1 is 1.11 bits per heavy atom. The zero-order chi connectivity index (χ0) is 13.8. The fraction of sp³-hybridized carbons (Fsp3) is 0.133. The normalized spacial score (nSPS) is 11.9. The lowest BCUT2D eigenvalue weighted by molar-refractivity contribution is 0.0818. The van der Waals surface area contributed by atoms with Crippen molar-refractivity contribution < 1.29 is 13.9 Å². The summed E-state index contributed by atoms with van der Waals surface area (Å²) in [7, 11) is 0. The molecule has 98 valence electrons. The van der Waals surface area contributed by atoms with Gasteiger partial charge in [0, 0.05) is 11.3 Å². The van der Waals surface area contributed by atoms with E-state index < -0.39 is 6.10 Å². The molecular weight excluding hydrogens is 245 g/mol. The van der Waals surface area contributed by atoms with Crippen LogP contribution in [0.3, 0.4) is 0 Å². The number of nitrogens with two attached hydrogens (primary N) is 1. The number of Topliss-reactive ketones (excluding diaryl/α,β-unsaturated/α-hetero) is 1. The number of ketones is 1. The topological polar surface area (TPSA) is 52.3 Å². The Balaban J connectivity index is 2.07. The quantitative estimate of drug-likeness (QED) is 0.678. The molecule has 0 amide bonds. The number of rotatable bonds is 4. The van der Waals surface area contributed by atoms with Gasteiger partial charge in [0.05, 0.1) is 0 Å². The molecule has 2 rings (SSSR count). The molecular formula is C15H14FNO2. The van der Waals surface area contributed by atoms with Gasteiger partial charge >= 0.3 is 0 Å². The van der Waals surface area contributed by atoms with Gasteiger partial charge in [0.1, 0.15) is 11.6 Å². The fourth-order valence-electron chi connectivity index (χ4n) is 1.65. The molecule has 2 N–H and O–H groups in total. The molecule has 3 nitrogen and oxygen atoms in total. The Hall–Kier alpha value is -2.36. The smallest absolute Gasteiger partial charge is 0.202 e. The minimum atomic E-state index is -0.644. The predicted molar refractivity (Wildman–Crippen MR) is 71.7 cm³/mol. The Labute approximate surface area is 110 Å². The summed E-state index contributed by atoms with van der Waals surface area (Å²) in [6.45, 7) is 1.65. The maximum Gasteiger partial charge on any atom is 0.202 e. The molecule has 0 aromatic heterocycles. The number of anilines is 1. The van der Waals surface area contributed by atoms with E-state index in [0.717, 1.165) is 0 Å². The lowest BCUT2D eigenvalue weighted by atomic mass is 10.1. The average Bonchev–Trinajstić information content (AvgIpc) is 2.41. The summed E-state index contributed by atoms with van der Waals surface area (Å²) >= 11 is 0. The van der Waals surface area contributed by atoms with Crippen molar-refractivity contribution in [2.45, 2.75) is 13.0 Å². The van der Waals surface area contributed by atoms with Crippen molar-refractivity contribution in [2.75, 3.05) is 5.73 Å². The summed E-state index contributed by atoms with van der Waals surface area (Å²) in [5, 5.41) is 0. The Morgan fingerprint density at radius 2 is 1.68 bits per heavy atom. The molecule has 19 heavy (non-hydrogen) atoms.